The Balaban J connectivity index is 2.73. The average Bonchev–Trinajstić information content (AvgIpc) is 2.64. The maximum atomic E-state index is 13.7. The molecule has 0 radical (unpaired) electrons. The van der Waals surface area contributed by atoms with Crippen LogP contribution in [0.1, 0.15) is 5.56 Å². The van der Waals surface area contributed by atoms with Crippen LogP contribution in [0.2, 0.25) is 0 Å². The van der Waals surface area contributed by atoms with Gasteiger partial charge in [-0.3, -0.25) is 10.1 Å². The van der Waals surface area contributed by atoms with Crippen LogP contribution in [0, 0.1) is 39.2 Å². The number of hydrogen-bond donors (Lipinski definition) is 0. The molecule has 0 atom stereocenters. The van der Waals surface area contributed by atoms with Crippen LogP contribution in [0.15, 0.2) is 34.2 Å². The van der Waals surface area contributed by atoms with Gasteiger partial charge in [0.15, 0.2) is 23.3 Å². The molecule has 0 aliphatic rings. The van der Waals surface area contributed by atoms with Crippen molar-refractivity contribution in [2.45, 2.75) is 4.90 Å². The van der Waals surface area contributed by atoms with Crippen LogP contribution < -0.4 is 4.74 Å². The topological polar surface area (TPSA) is 86.5 Å². The Morgan fingerprint density at radius 1 is 0.963 bits per heavy atom. The summed E-state index contributed by atoms with van der Waals surface area (Å²) in [5.41, 5.74) is -1.75. The number of hydrogen-bond acceptors (Lipinski definition) is 5. The molecule has 0 unspecified atom stereocenters. The lowest BCUT2D eigenvalue weighted by Crippen LogP contribution is -2.14. The fraction of sp³-hybridized carbons (Fsp3) is 0.0667. The molecule has 0 aromatic heterocycles. The second kappa shape index (κ2) is 7.31. The zero-order chi connectivity index (χ0) is 20.5. The number of ether oxygens (including phenoxy) is 1. The van der Waals surface area contributed by atoms with Crippen LogP contribution in [0.3, 0.4) is 0 Å². The SMILES string of the molecule is COc1ccc(S(=O)(=O)/C(=C/c2c(F)c(F)c(F)c(F)c2F)[N+](=O)[O-])cc1. The summed E-state index contributed by atoms with van der Waals surface area (Å²) in [5, 5.41) is 9.35. The van der Waals surface area contributed by atoms with Crippen molar-refractivity contribution < 1.29 is 40.0 Å². The Kier molecular flexibility index (Phi) is 5.49. The van der Waals surface area contributed by atoms with Crippen molar-refractivity contribution in [3.05, 3.63) is 74.1 Å². The number of nitro groups is 1. The van der Waals surface area contributed by atoms with Crippen LogP contribution >= 0.6 is 0 Å². The van der Waals surface area contributed by atoms with Crippen molar-refractivity contribution in [2.75, 3.05) is 7.11 Å². The van der Waals surface area contributed by atoms with Gasteiger partial charge in [-0.2, -0.15) is 0 Å². The summed E-state index contributed by atoms with van der Waals surface area (Å²) in [6.07, 6.45) is -0.226. The molecule has 2 aromatic rings. The number of halogens is 5. The van der Waals surface area contributed by atoms with Gasteiger partial charge in [0.1, 0.15) is 5.75 Å². The lowest BCUT2D eigenvalue weighted by molar-refractivity contribution is -0.410. The fourth-order valence-corrected chi connectivity index (χ4v) is 3.18. The molecule has 0 N–H and O–H groups in total. The standard InChI is InChI=1S/C15H8F5NO5S/c1-26-7-2-4-8(5-3-7)27(24,25)10(21(22)23)6-9-11(16)13(18)15(20)14(19)12(9)17/h2-6H,1H3/b10-6+. The third kappa shape index (κ3) is 3.60. The molecule has 0 spiro atoms. The van der Waals surface area contributed by atoms with Gasteiger partial charge >= 0.3 is 5.03 Å². The van der Waals surface area contributed by atoms with E-state index in [0.717, 1.165) is 24.3 Å². The van der Waals surface area contributed by atoms with Gasteiger partial charge in [-0.05, 0) is 24.3 Å². The smallest absolute Gasteiger partial charge is 0.364 e. The van der Waals surface area contributed by atoms with Crippen molar-refractivity contribution in [1.82, 2.24) is 0 Å². The predicted octanol–water partition coefficient (Wildman–Crippen LogP) is 3.44. The lowest BCUT2D eigenvalue weighted by Gasteiger charge is -2.06. The molecule has 0 heterocycles. The molecule has 0 saturated heterocycles. The quantitative estimate of drug-likeness (QED) is 0.248. The Bertz CT molecular complexity index is 1020. The number of sulfone groups is 1. The Labute approximate surface area is 148 Å². The van der Waals surface area contributed by atoms with E-state index in [1.165, 1.54) is 7.11 Å². The van der Waals surface area contributed by atoms with Crippen molar-refractivity contribution >= 4 is 15.9 Å². The van der Waals surface area contributed by atoms with E-state index in [1.54, 1.807) is 0 Å². The van der Waals surface area contributed by atoms with Crippen LogP contribution in [-0.2, 0) is 9.84 Å². The molecule has 6 nitrogen and oxygen atoms in total. The summed E-state index contributed by atoms with van der Waals surface area (Å²) < 4.78 is 96.5. The average molecular weight is 409 g/mol. The van der Waals surface area contributed by atoms with Gasteiger partial charge in [0.05, 0.1) is 22.5 Å². The highest BCUT2D eigenvalue weighted by Gasteiger charge is 2.34. The first-order valence-corrected chi connectivity index (χ1v) is 8.27. The van der Waals surface area contributed by atoms with Gasteiger partial charge < -0.3 is 4.74 Å². The van der Waals surface area contributed by atoms with E-state index in [-0.39, 0.29) is 11.8 Å². The molecular weight excluding hydrogens is 401 g/mol. The summed E-state index contributed by atoms with van der Waals surface area (Å²) in [6.45, 7) is 0. The zero-order valence-electron chi connectivity index (χ0n) is 13.2. The molecule has 0 fully saturated rings. The molecule has 144 valence electrons. The molecule has 0 amide bonds. The third-order valence-electron chi connectivity index (χ3n) is 3.34. The largest absolute Gasteiger partial charge is 0.497 e. The van der Waals surface area contributed by atoms with Gasteiger partial charge in [0.2, 0.25) is 5.82 Å². The number of benzene rings is 2. The molecule has 12 heteroatoms. The molecule has 0 bridgehead atoms. The molecule has 2 aromatic carbocycles. The highest BCUT2D eigenvalue weighted by Crippen LogP contribution is 2.28. The molecule has 2 rings (SSSR count). The third-order valence-corrected chi connectivity index (χ3v) is 5.05. The van der Waals surface area contributed by atoms with E-state index in [2.05, 4.69) is 0 Å². The molecule has 0 aliphatic carbocycles. The summed E-state index contributed by atoms with van der Waals surface area (Å²) in [5.74, 6) is -11.8. The highest BCUT2D eigenvalue weighted by atomic mass is 32.2. The van der Waals surface area contributed by atoms with Crippen molar-refractivity contribution in [3.63, 3.8) is 0 Å². The van der Waals surface area contributed by atoms with Crippen molar-refractivity contribution in [2.24, 2.45) is 0 Å². The first kappa shape index (κ1) is 20.3. The Hall–Kier alpha value is -3.02. The zero-order valence-corrected chi connectivity index (χ0v) is 14.0. The van der Waals surface area contributed by atoms with E-state index < -0.39 is 59.3 Å². The normalized spacial score (nSPS) is 12.1. The maximum Gasteiger partial charge on any atom is 0.364 e. The lowest BCUT2D eigenvalue weighted by atomic mass is 10.1. The molecule has 0 aliphatic heterocycles. The van der Waals surface area contributed by atoms with Crippen LogP contribution in [-0.4, -0.2) is 20.5 Å². The Morgan fingerprint density at radius 3 is 1.81 bits per heavy atom. The van der Waals surface area contributed by atoms with Crippen LogP contribution in [0.5, 0.6) is 5.75 Å². The van der Waals surface area contributed by atoms with Gasteiger partial charge in [-0.1, -0.05) is 0 Å². The van der Waals surface area contributed by atoms with Crippen LogP contribution in [0.25, 0.3) is 6.08 Å². The number of rotatable bonds is 5. The number of nitrogens with zero attached hydrogens (tertiary/aromatic N) is 1. The van der Waals surface area contributed by atoms with E-state index >= 15 is 0 Å². The minimum atomic E-state index is -4.96. The summed E-state index contributed by atoms with van der Waals surface area (Å²) in [4.78, 5) is 8.96. The van der Waals surface area contributed by atoms with Gasteiger partial charge in [-0.15, -0.1) is 0 Å². The molecule has 0 saturated carbocycles. The van der Waals surface area contributed by atoms with E-state index in [0.29, 0.717) is 0 Å². The minimum Gasteiger partial charge on any atom is -0.497 e. The summed E-state index contributed by atoms with van der Waals surface area (Å²) in [7, 11) is -3.69. The summed E-state index contributed by atoms with van der Waals surface area (Å²) >= 11 is 0. The van der Waals surface area contributed by atoms with Gasteiger partial charge in [-0.25, -0.2) is 30.4 Å². The van der Waals surface area contributed by atoms with E-state index in [1.807, 2.05) is 0 Å². The van der Waals surface area contributed by atoms with Gasteiger partial charge in [0, 0.05) is 6.08 Å². The van der Waals surface area contributed by atoms with E-state index in [4.69, 9.17) is 4.74 Å². The van der Waals surface area contributed by atoms with Crippen LogP contribution in [0.4, 0.5) is 22.0 Å². The van der Waals surface area contributed by atoms with Crippen molar-refractivity contribution in [3.8, 4) is 5.75 Å². The van der Waals surface area contributed by atoms with E-state index in [9.17, 15) is 40.5 Å². The fourth-order valence-electron chi connectivity index (χ4n) is 1.98. The second-order valence-electron chi connectivity index (χ2n) is 4.90. The molecule has 27 heavy (non-hydrogen) atoms. The first-order valence-electron chi connectivity index (χ1n) is 6.79. The second-order valence-corrected chi connectivity index (χ2v) is 6.80. The Morgan fingerprint density at radius 2 is 1.41 bits per heavy atom. The highest BCUT2D eigenvalue weighted by molar-refractivity contribution is 7.95. The maximum absolute atomic E-state index is 13.7. The van der Waals surface area contributed by atoms with Crippen molar-refractivity contribution in [1.29, 1.82) is 0 Å². The first-order chi connectivity index (χ1) is 12.5. The number of methoxy groups -OCH3 is 1. The predicted molar refractivity (Wildman–Crippen MR) is 81.4 cm³/mol. The monoisotopic (exact) mass is 409 g/mol. The summed E-state index contributed by atoms with van der Waals surface area (Å²) in [6, 6.07) is 4.10. The minimum absolute atomic E-state index is 0.209. The van der Waals surface area contributed by atoms with Gasteiger partial charge in [0.25, 0.3) is 9.84 Å². The molecular formula is C15H8F5NO5S.